The first kappa shape index (κ1) is 20.7. The van der Waals surface area contributed by atoms with Crippen molar-refractivity contribution < 1.29 is 27.8 Å². The zero-order chi connectivity index (χ0) is 20.1. The fourth-order valence-electron chi connectivity index (χ4n) is 4.73. The SMILES string of the molecule is CC(C)(C)OC(=O)NC1CC2(C1)CC(N[C@@H](CO)CC1(C(F)(F)F)CC1)C2. The number of ether oxygens (including phenoxy) is 1. The van der Waals surface area contributed by atoms with Crippen LogP contribution >= 0.6 is 0 Å². The molecule has 156 valence electrons. The average molecular weight is 392 g/mol. The largest absolute Gasteiger partial charge is 0.444 e. The number of carbonyl (C=O) groups is 1. The van der Waals surface area contributed by atoms with Crippen molar-refractivity contribution in [1.82, 2.24) is 10.6 Å². The molecule has 1 atom stereocenters. The van der Waals surface area contributed by atoms with Crippen molar-refractivity contribution in [1.29, 1.82) is 0 Å². The van der Waals surface area contributed by atoms with Crippen LogP contribution in [0, 0.1) is 10.8 Å². The highest BCUT2D eigenvalue weighted by molar-refractivity contribution is 5.68. The van der Waals surface area contributed by atoms with Gasteiger partial charge in [0.25, 0.3) is 0 Å². The molecule has 27 heavy (non-hydrogen) atoms. The molecule has 0 aliphatic heterocycles. The summed E-state index contributed by atoms with van der Waals surface area (Å²) in [6.07, 6.45) is -0.774. The van der Waals surface area contributed by atoms with E-state index < -0.39 is 29.3 Å². The van der Waals surface area contributed by atoms with Gasteiger partial charge in [-0.25, -0.2) is 4.79 Å². The number of rotatable bonds is 6. The number of alkyl carbamates (subject to hydrolysis) is 1. The number of amides is 1. The van der Waals surface area contributed by atoms with E-state index in [0.29, 0.717) is 0 Å². The molecule has 0 bridgehead atoms. The van der Waals surface area contributed by atoms with Gasteiger partial charge in [0.2, 0.25) is 0 Å². The van der Waals surface area contributed by atoms with Gasteiger partial charge in [-0.1, -0.05) is 0 Å². The minimum atomic E-state index is -4.18. The van der Waals surface area contributed by atoms with Gasteiger partial charge in [0.1, 0.15) is 5.60 Å². The molecule has 0 heterocycles. The van der Waals surface area contributed by atoms with Crippen LogP contribution in [0.3, 0.4) is 0 Å². The Hall–Kier alpha value is -1.02. The summed E-state index contributed by atoms with van der Waals surface area (Å²) in [5.74, 6) is 0. The first-order valence-corrected chi connectivity index (χ1v) is 9.79. The van der Waals surface area contributed by atoms with Gasteiger partial charge in [-0.15, -0.1) is 0 Å². The molecule has 0 aromatic heterocycles. The molecule has 0 aromatic carbocycles. The molecule has 3 aliphatic carbocycles. The molecule has 0 radical (unpaired) electrons. The van der Waals surface area contributed by atoms with Crippen molar-refractivity contribution >= 4 is 6.09 Å². The maximum atomic E-state index is 13.1. The van der Waals surface area contributed by atoms with Gasteiger partial charge < -0.3 is 20.5 Å². The van der Waals surface area contributed by atoms with Gasteiger partial charge in [0.05, 0.1) is 12.0 Å². The van der Waals surface area contributed by atoms with Crippen LogP contribution in [-0.4, -0.2) is 47.7 Å². The van der Waals surface area contributed by atoms with Gasteiger partial charge in [-0.2, -0.15) is 13.2 Å². The molecule has 0 aromatic rings. The normalized spacial score (nSPS) is 33.0. The second-order valence-corrected chi connectivity index (χ2v) is 9.88. The van der Waals surface area contributed by atoms with E-state index in [2.05, 4.69) is 10.6 Å². The molecule has 3 N–H and O–H groups in total. The second kappa shape index (κ2) is 6.79. The van der Waals surface area contributed by atoms with Crippen molar-refractivity contribution in [2.45, 2.75) is 95.6 Å². The third-order valence-electron chi connectivity index (χ3n) is 6.22. The number of hydrogen-bond donors (Lipinski definition) is 3. The molecule has 3 fully saturated rings. The van der Waals surface area contributed by atoms with Crippen LogP contribution < -0.4 is 10.6 Å². The molecule has 3 saturated carbocycles. The summed E-state index contributed by atoms with van der Waals surface area (Å²) < 4.78 is 44.6. The summed E-state index contributed by atoms with van der Waals surface area (Å²) in [4.78, 5) is 11.8. The molecular formula is C19H31F3N2O3. The van der Waals surface area contributed by atoms with Crippen LogP contribution in [-0.2, 0) is 4.74 Å². The van der Waals surface area contributed by atoms with E-state index in [-0.39, 0.29) is 43.4 Å². The van der Waals surface area contributed by atoms with Crippen LogP contribution in [0.2, 0.25) is 0 Å². The Morgan fingerprint density at radius 2 is 1.70 bits per heavy atom. The number of nitrogens with one attached hydrogen (secondary N) is 2. The Labute approximate surface area is 158 Å². The van der Waals surface area contributed by atoms with Crippen LogP contribution in [0.4, 0.5) is 18.0 Å². The third-order valence-corrected chi connectivity index (χ3v) is 6.22. The minimum Gasteiger partial charge on any atom is -0.444 e. The monoisotopic (exact) mass is 392 g/mol. The zero-order valence-electron chi connectivity index (χ0n) is 16.3. The van der Waals surface area contributed by atoms with Crippen molar-refractivity contribution in [3.05, 3.63) is 0 Å². The van der Waals surface area contributed by atoms with E-state index >= 15 is 0 Å². The molecule has 1 amide bonds. The number of aliphatic hydroxyl groups excluding tert-OH is 1. The number of hydrogen-bond acceptors (Lipinski definition) is 4. The van der Waals surface area contributed by atoms with Crippen molar-refractivity contribution in [3.8, 4) is 0 Å². The lowest BCUT2D eigenvalue weighted by Crippen LogP contribution is -2.62. The smallest absolute Gasteiger partial charge is 0.407 e. The lowest BCUT2D eigenvalue weighted by atomic mass is 9.52. The summed E-state index contributed by atoms with van der Waals surface area (Å²) in [6.45, 7) is 5.18. The third kappa shape index (κ3) is 4.70. The number of carbonyl (C=O) groups excluding carboxylic acids is 1. The van der Waals surface area contributed by atoms with E-state index in [1.165, 1.54) is 0 Å². The molecule has 8 heteroatoms. The van der Waals surface area contributed by atoms with Gasteiger partial charge in [0.15, 0.2) is 0 Å². The first-order chi connectivity index (χ1) is 12.4. The van der Waals surface area contributed by atoms with Gasteiger partial charge in [-0.3, -0.25) is 0 Å². The molecule has 5 nitrogen and oxygen atoms in total. The highest BCUT2D eigenvalue weighted by Gasteiger charge is 2.63. The van der Waals surface area contributed by atoms with E-state index in [9.17, 15) is 23.1 Å². The summed E-state index contributed by atoms with van der Waals surface area (Å²) >= 11 is 0. The fourth-order valence-corrected chi connectivity index (χ4v) is 4.73. The summed E-state index contributed by atoms with van der Waals surface area (Å²) in [7, 11) is 0. The molecule has 3 rings (SSSR count). The summed E-state index contributed by atoms with van der Waals surface area (Å²) in [6, 6.07) is -0.254. The number of halogens is 3. The fraction of sp³-hybridized carbons (Fsp3) is 0.947. The minimum absolute atomic E-state index is 0.0423. The number of alkyl halides is 3. The predicted octanol–water partition coefficient (Wildman–Crippen LogP) is 3.51. The molecular weight excluding hydrogens is 361 g/mol. The predicted molar refractivity (Wildman–Crippen MR) is 94.2 cm³/mol. The standard InChI is InChI=1S/C19H31F3N2O3/c1-16(2,3)27-15(26)24-13-8-17(9-13)6-12(7-17)23-14(11-25)10-18(4-5-18)19(20,21)22/h12-14,23,25H,4-11H2,1-3H3,(H,24,26)/t12?,13?,14-,17?/m1/s1. The highest BCUT2D eigenvalue weighted by Crippen LogP contribution is 2.61. The zero-order valence-corrected chi connectivity index (χ0v) is 16.3. The Bertz CT molecular complexity index is 556. The van der Waals surface area contributed by atoms with E-state index in [1.807, 2.05) is 20.8 Å². The number of aliphatic hydroxyl groups is 1. The van der Waals surface area contributed by atoms with E-state index in [0.717, 1.165) is 25.7 Å². The van der Waals surface area contributed by atoms with Crippen LogP contribution in [0.5, 0.6) is 0 Å². The van der Waals surface area contributed by atoms with Crippen molar-refractivity contribution in [2.24, 2.45) is 10.8 Å². The van der Waals surface area contributed by atoms with E-state index in [1.54, 1.807) is 0 Å². The van der Waals surface area contributed by atoms with Crippen molar-refractivity contribution in [3.63, 3.8) is 0 Å². The van der Waals surface area contributed by atoms with Gasteiger partial charge in [0, 0.05) is 18.1 Å². The topological polar surface area (TPSA) is 70.6 Å². The average Bonchev–Trinajstić information content (AvgIpc) is 3.20. The maximum Gasteiger partial charge on any atom is 0.407 e. The van der Waals surface area contributed by atoms with Crippen LogP contribution in [0.25, 0.3) is 0 Å². The quantitative estimate of drug-likeness (QED) is 0.647. The Kier molecular flexibility index (Phi) is 5.21. The Morgan fingerprint density at radius 1 is 1.15 bits per heavy atom. The van der Waals surface area contributed by atoms with E-state index in [4.69, 9.17) is 4.74 Å². The van der Waals surface area contributed by atoms with Crippen LogP contribution in [0.15, 0.2) is 0 Å². The van der Waals surface area contributed by atoms with Crippen molar-refractivity contribution in [2.75, 3.05) is 6.61 Å². The molecule has 1 spiro atoms. The maximum absolute atomic E-state index is 13.1. The molecule has 3 aliphatic rings. The molecule has 0 unspecified atom stereocenters. The van der Waals surface area contributed by atoms with Gasteiger partial charge >= 0.3 is 12.3 Å². The summed E-state index contributed by atoms with van der Waals surface area (Å²) in [5.41, 5.74) is -1.93. The lowest BCUT2D eigenvalue weighted by molar-refractivity contribution is -0.191. The Morgan fingerprint density at radius 3 is 2.15 bits per heavy atom. The molecule has 0 saturated heterocycles. The van der Waals surface area contributed by atoms with Gasteiger partial charge in [-0.05, 0) is 71.1 Å². The van der Waals surface area contributed by atoms with Crippen LogP contribution in [0.1, 0.15) is 65.7 Å². The highest BCUT2D eigenvalue weighted by atomic mass is 19.4. The summed E-state index contributed by atoms with van der Waals surface area (Å²) in [5, 5.41) is 15.6. The second-order valence-electron chi connectivity index (χ2n) is 9.88. The first-order valence-electron chi connectivity index (χ1n) is 9.79. The lowest BCUT2D eigenvalue weighted by Gasteiger charge is -2.58. The Balaban J connectivity index is 1.37.